The summed E-state index contributed by atoms with van der Waals surface area (Å²) in [6.45, 7) is 12.8. The summed E-state index contributed by atoms with van der Waals surface area (Å²) < 4.78 is 44.2. The summed E-state index contributed by atoms with van der Waals surface area (Å²) in [4.78, 5) is 4.34. The fourth-order valence-corrected chi connectivity index (χ4v) is 5.97. The molecule has 0 radical (unpaired) electrons. The Morgan fingerprint density at radius 1 is 1.16 bits per heavy atom. The van der Waals surface area contributed by atoms with Crippen LogP contribution in [-0.2, 0) is 21.8 Å². The van der Waals surface area contributed by atoms with Gasteiger partial charge in [0.2, 0.25) is 0 Å². The first-order valence-corrected chi connectivity index (χ1v) is 17.3. The number of rotatable bonds is 11. The molecule has 0 aliphatic carbocycles. The molecule has 0 fully saturated rings. The van der Waals surface area contributed by atoms with Crippen molar-refractivity contribution < 1.29 is 17.9 Å². The lowest BCUT2D eigenvalue weighted by Gasteiger charge is -2.26. The Balaban J connectivity index is 1.79. The van der Waals surface area contributed by atoms with Gasteiger partial charge in [-0.3, -0.25) is 4.68 Å². The van der Waals surface area contributed by atoms with Gasteiger partial charge in [-0.2, -0.15) is 10.2 Å². The lowest BCUT2D eigenvalue weighted by Crippen LogP contribution is -2.34. The molecule has 4 rings (SSSR count). The molecule has 0 bridgehead atoms. The van der Waals surface area contributed by atoms with Crippen LogP contribution in [0.4, 0.5) is 5.69 Å². The number of nitrogens with zero attached hydrogens (tertiary/aromatic N) is 6. The fourth-order valence-electron chi connectivity index (χ4n) is 3.91. The highest BCUT2D eigenvalue weighted by molar-refractivity contribution is 7.92. The number of pyridine rings is 1. The van der Waals surface area contributed by atoms with Crippen LogP contribution in [0.25, 0.3) is 22.3 Å². The van der Waals surface area contributed by atoms with E-state index in [2.05, 4.69) is 41.4 Å². The monoisotopic (exact) mass is 554 g/mol. The first-order chi connectivity index (χ1) is 17.9. The van der Waals surface area contributed by atoms with Crippen LogP contribution >= 0.6 is 0 Å². The second-order valence-electron chi connectivity index (χ2n) is 10.3. The van der Waals surface area contributed by atoms with Crippen molar-refractivity contribution in [1.29, 1.82) is 0 Å². The molecule has 12 heteroatoms. The maximum absolute atomic E-state index is 14.2. The van der Waals surface area contributed by atoms with Crippen molar-refractivity contribution in [3.05, 3.63) is 61.2 Å². The van der Waals surface area contributed by atoms with E-state index in [1.165, 1.54) is 28.5 Å². The number of hydrogen-bond acceptors (Lipinski definition) is 7. The van der Waals surface area contributed by atoms with E-state index >= 15 is 0 Å². The standard InChI is InChI=1S/C26H34N6O4SSi/c1-19(2)20-10-11-27-24(14-20)31-17-22(16-29-31)37(33,34)32(18-36-12-13-38(5,6)7)26-23(35-4)9-8-21-15-28-30(3)25(21)26/h8-11,14-17H,1,12-13,18H2,2-7H3. The van der Waals surface area contributed by atoms with Gasteiger partial charge in [0.05, 0.1) is 31.2 Å². The minimum absolute atomic E-state index is 0.00458. The molecule has 4 aromatic rings. The zero-order valence-electron chi connectivity index (χ0n) is 22.7. The Morgan fingerprint density at radius 2 is 1.92 bits per heavy atom. The summed E-state index contributed by atoms with van der Waals surface area (Å²) in [6, 6.07) is 8.13. The molecule has 0 aliphatic heterocycles. The van der Waals surface area contributed by atoms with Gasteiger partial charge in [-0.05, 0) is 42.8 Å². The summed E-state index contributed by atoms with van der Waals surface area (Å²) in [5, 5.41) is 9.42. The average Bonchev–Trinajstić information content (AvgIpc) is 3.51. The Hall–Kier alpha value is -3.48. The predicted molar refractivity (Wildman–Crippen MR) is 152 cm³/mol. The van der Waals surface area contributed by atoms with E-state index in [-0.39, 0.29) is 11.6 Å². The SMILES string of the molecule is C=C(C)c1ccnc(-n2cc(S(=O)(=O)N(COCC[Si](C)(C)C)c3c(OC)ccc4cnn(C)c34)cn2)c1. The van der Waals surface area contributed by atoms with Crippen LogP contribution in [0.2, 0.25) is 25.7 Å². The number of ether oxygens (including phenoxy) is 2. The molecule has 38 heavy (non-hydrogen) atoms. The van der Waals surface area contributed by atoms with Crippen molar-refractivity contribution in [3.8, 4) is 11.6 Å². The number of aromatic nitrogens is 5. The van der Waals surface area contributed by atoms with Gasteiger partial charge >= 0.3 is 0 Å². The average molecular weight is 555 g/mol. The van der Waals surface area contributed by atoms with Crippen LogP contribution in [0.1, 0.15) is 12.5 Å². The van der Waals surface area contributed by atoms with Crippen molar-refractivity contribution in [2.45, 2.75) is 37.5 Å². The number of hydrogen-bond donors (Lipinski definition) is 0. The van der Waals surface area contributed by atoms with Gasteiger partial charge in [0, 0.05) is 33.3 Å². The van der Waals surface area contributed by atoms with Crippen molar-refractivity contribution in [3.63, 3.8) is 0 Å². The van der Waals surface area contributed by atoms with Crippen LogP contribution in [-0.4, -0.2) is 61.5 Å². The number of benzene rings is 1. The lowest BCUT2D eigenvalue weighted by atomic mass is 10.1. The van der Waals surface area contributed by atoms with E-state index in [9.17, 15) is 8.42 Å². The molecule has 0 spiro atoms. The number of anilines is 1. The third-order valence-corrected chi connectivity index (χ3v) is 9.51. The van der Waals surface area contributed by atoms with Gasteiger partial charge in [0.15, 0.2) is 5.82 Å². The van der Waals surface area contributed by atoms with Crippen molar-refractivity contribution in [2.24, 2.45) is 7.05 Å². The number of aryl methyl sites for hydroxylation is 1. The van der Waals surface area contributed by atoms with Crippen LogP contribution in [0, 0.1) is 0 Å². The van der Waals surface area contributed by atoms with Crippen molar-refractivity contribution >= 4 is 40.3 Å². The Morgan fingerprint density at radius 3 is 2.61 bits per heavy atom. The van der Waals surface area contributed by atoms with Gasteiger partial charge in [-0.1, -0.05) is 31.8 Å². The van der Waals surface area contributed by atoms with E-state index < -0.39 is 18.1 Å². The minimum atomic E-state index is -4.13. The topological polar surface area (TPSA) is 104 Å². The maximum Gasteiger partial charge on any atom is 0.269 e. The molecular formula is C26H34N6O4SSi. The fraction of sp³-hybridized carbons (Fsp3) is 0.346. The zero-order valence-corrected chi connectivity index (χ0v) is 24.5. The summed E-state index contributed by atoms with van der Waals surface area (Å²) in [7, 11) is -2.24. The Labute approximate surface area is 224 Å². The third-order valence-electron chi connectivity index (χ3n) is 6.13. The molecule has 0 N–H and O–H groups in total. The Kier molecular flexibility index (Phi) is 7.77. The van der Waals surface area contributed by atoms with Gasteiger partial charge in [-0.15, -0.1) is 0 Å². The molecule has 0 amide bonds. The van der Waals surface area contributed by atoms with E-state index in [0.29, 0.717) is 29.4 Å². The summed E-state index contributed by atoms with van der Waals surface area (Å²) >= 11 is 0. The van der Waals surface area contributed by atoms with Gasteiger partial charge in [-0.25, -0.2) is 22.4 Å². The van der Waals surface area contributed by atoms with Gasteiger partial charge in [0.25, 0.3) is 10.0 Å². The number of fused-ring (bicyclic) bond motifs is 1. The minimum Gasteiger partial charge on any atom is -0.494 e. The molecule has 0 aliphatic rings. The van der Waals surface area contributed by atoms with Crippen LogP contribution in [0.15, 0.2) is 60.5 Å². The molecule has 0 atom stereocenters. The molecule has 0 unspecified atom stereocenters. The first kappa shape index (κ1) is 27.5. The predicted octanol–water partition coefficient (Wildman–Crippen LogP) is 4.70. The molecule has 3 heterocycles. The summed E-state index contributed by atoms with van der Waals surface area (Å²) in [6.07, 6.45) is 6.09. The van der Waals surface area contributed by atoms with Crippen LogP contribution in [0.5, 0.6) is 5.75 Å². The first-order valence-electron chi connectivity index (χ1n) is 12.2. The second kappa shape index (κ2) is 10.7. The smallest absolute Gasteiger partial charge is 0.269 e. The third kappa shape index (κ3) is 5.66. The normalized spacial score (nSPS) is 12.2. The lowest BCUT2D eigenvalue weighted by molar-refractivity contribution is 0.156. The molecule has 1 aromatic carbocycles. The maximum atomic E-state index is 14.2. The zero-order chi connectivity index (χ0) is 27.7. The molecule has 10 nitrogen and oxygen atoms in total. The van der Waals surface area contributed by atoms with Crippen molar-refractivity contribution in [1.82, 2.24) is 24.5 Å². The highest BCUT2D eigenvalue weighted by atomic mass is 32.2. The Bertz CT molecular complexity index is 1570. The highest BCUT2D eigenvalue weighted by Gasteiger charge is 2.32. The van der Waals surface area contributed by atoms with Crippen LogP contribution < -0.4 is 9.04 Å². The van der Waals surface area contributed by atoms with Gasteiger partial charge in [0.1, 0.15) is 23.1 Å². The number of methoxy groups -OCH3 is 1. The second-order valence-corrected chi connectivity index (χ2v) is 17.8. The van der Waals surface area contributed by atoms with Crippen molar-refractivity contribution in [2.75, 3.05) is 24.8 Å². The number of sulfonamides is 1. The summed E-state index contributed by atoms with van der Waals surface area (Å²) in [5.74, 6) is 0.873. The van der Waals surface area contributed by atoms with Crippen LogP contribution in [0.3, 0.4) is 0 Å². The molecule has 3 aromatic heterocycles. The van der Waals surface area contributed by atoms with E-state index in [1.54, 1.807) is 30.2 Å². The summed E-state index contributed by atoms with van der Waals surface area (Å²) in [5.41, 5.74) is 2.73. The largest absolute Gasteiger partial charge is 0.494 e. The molecule has 0 saturated carbocycles. The van der Waals surface area contributed by atoms with E-state index in [4.69, 9.17) is 9.47 Å². The number of allylic oxidation sites excluding steroid dienone is 1. The quantitative estimate of drug-likeness (QED) is 0.150. The molecule has 0 saturated heterocycles. The molecular weight excluding hydrogens is 520 g/mol. The molecule has 202 valence electrons. The van der Waals surface area contributed by atoms with Gasteiger partial charge < -0.3 is 9.47 Å². The van der Waals surface area contributed by atoms with E-state index in [1.807, 2.05) is 25.1 Å². The van der Waals surface area contributed by atoms with E-state index in [0.717, 1.165) is 22.6 Å². The highest BCUT2D eigenvalue weighted by Crippen LogP contribution is 2.39.